The van der Waals surface area contributed by atoms with E-state index < -0.39 is 11.9 Å². The number of carbonyl (C=O) groups is 2. The number of carboxylic acids is 2. The molecule has 3 N–H and O–H groups in total. The molecule has 6 heteroatoms. The van der Waals surface area contributed by atoms with Crippen molar-refractivity contribution in [3.8, 4) is 0 Å². The van der Waals surface area contributed by atoms with Gasteiger partial charge in [0.15, 0.2) is 0 Å². The Balaban J connectivity index is 2.75. The van der Waals surface area contributed by atoms with Crippen LogP contribution in [-0.4, -0.2) is 22.2 Å². The molecule has 0 fully saturated rings. The topological polar surface area (TPSA) is 95.9 Å². The van der Waals surface area contributed by atoms with Gasteiger partial charge in [-0.3, -0.25) is 0 Å². The molecule has 1 heterocycles. The first-order valence-electron chi connectivity index (χ1n) is 3.39. The van der Waals surface area contributed by atoms with Crippen LogP contribution >= 0.6 is 0 Å². The highest BCUT2D eigenvalue weighted by Crippen LogP contribution is 2.09. The third-order valence-electron chi connectivity index (χ3n) is 1.39. The zero-order valence-corrected chi connectivity index (χ0v) is 6.48. The van der Waals surface area contributed by atoms with Crippen LogP contribution in [0.25, 0.3) is 0 Å². The fourth-order valence-corrected chi connectivity index (χ4v) is 0.747. The summed E-state index contributed by atoms with van der Waals surface area (Å²) in [6.45, 7) is 0. The summed E-state index contributed by atoms with van der Waals surface area (Å²) in [4.78, 5) is 25.3. The van der Waals surface area contributed by atoms with Gasteiger partial charge in [0.25, 0.3) is 0 Å². The van der Waals surface area contributed by atoms with Crippen molar-refractivity contribution in [3.63, 3.8) is 0 Å². The van der Waals surface area contributed by atoms with Crippen molar-refractivity contribution in [2.75, 3.05) is 0 Å². The molecule has 0 unspecified atom stereocenters. The molecule has 0 bridgehead atoms. The standard InChI is InChI=1S/C7H7NO5/c9-6(10)4-1-2-5(7(11)12)13-8-3-4/h2-3,8H,1H2,(H,9,10)(H,11,12). The lowest BCUT2D eigenvalue weighted by atomic mass is 10.2. The molecule has 0 amide bonds. The summed E-state index contributed by atoms with van der Waals surface area (Å²) in [6, 6.07) is 0. The van der Waals surface area contributed by atoms with E-state index >= 15 is 0 Å². The fourth-order valence-electron chi connectivity index (χ4n) is 0.747. The molecular weight excluding hydrogens is 178 g/mol. The molecule has 0 spiro atoms. The summed E-state index contributed by atoms with van der Waals surface area (Å²) in [6.07, 6.45) is 2.31. The van der Waals surface area contributed by atoms with Crippen molar-refractivity contribution in [2.45, 2.75) is 6.42 Å². The Morgan fingerprint density at radius 3 is 2.62 bits per heavy atom. The number of rotatable bonds is 2. The first-order chi connectivity index (χ1) is 6.11. The van der Waals surface area contributed by atoms with Gasteiger partial charge >= 0.3 is 11.9 Å². The molecule has 70 valence electrons. The summed E-state index contributed by atoms with van der Waals surface area (Å²) >= 11 is 0. The Bertz CT molecular complexity index is 304. The molecule has 0 aromatic heterocycles. The molecule has 0 radical (unpaired) electrons. The second kappa shape index (κ2) is 3.61. The molecule has 1 aliphatic heterocycles. The van der Waals surface area contributed by atoms with Crippen LogP contribution < -0.4 is 5.48 Å². The van der Waals surface area contributed by atoms with Gasteiger partial charge in [-0.1, -0.05) is 0 Å². The SMILES string of the molecule is O=C(O)C1=CNOC(C(=O)O)=CC1. The Kier molecular flexibility index (Phi) is 2.53. The van der Waals surface area contributed by atoms with Crippen LogP contribution in [-0.2, 0) is 14.4 Å². The van der Waals surface area contributed by atoms with E-state index in [1.54, 1.807) is 0 Å². The molecule has 0 aliphatic carbocycles. The third-order valence-corrected chi connectivity index (χ3v) is 1.39. The van der Waals surface area contributed by atoms with Crippen LogP contribution in [0.2, 0.25) is 0 Å². The lowest BCUT2D eigenvalue weighted by molar-refractivity contribution is -0.137. The zero-order valence-electron chi connectivity index (χ0n) is 6.48. The number of aliphatic carboxylic acids is 2. The van der Waals surface area contributed by atoms with Crippen LogP contribution in [0.1, 0.15) is 6.42 Å². The van der Waals surface area contributed by atoms with Gasteiger partial charge in [-0.2, -0.15) is 0 Å². The van der Waals surface area contributed by atoms with Crippen LogP contribution in [0.15, 0.2) is 23.6 Å². The largest absolute Gasteiger partial charge is 0.478 e. The average Bonchev–Trinajstić information content (AvgIpc) is 2.27. The second-order valence-corrected chi connectivity index (χ2v) is 2.27. The second-order valence-electron chi connectivity index (χ2n) is 2.27. The molecule has 1 aliphatic rings. The molecule has 0 atom stereocenters. The number of allylic oxidation sites excluding steroid dienone is 1. The van der Waals surface area contributed by atoms with E-state index in [4.69, 9.17) is 10.2 Å². The predicted molar refractivity (Wildman–Crippen MR) is 40.3 cm³/mol. The Hall–Kier alpha value is -1.98. The van der Waals surface area contributed by atoms with Gasteiger partial charge in [0, 0.05) is 12.6 Å². The molecule has 6 nitrogen and oxygen atoms in total. The minimum atomic E-state index is -1.24. The van der Waals surface area contributed by atoms with E-state index in [0.717, 1.165) is 6.20 Å². The number of nitrogens with one attached hydrogen (secondary N) is 1. The monoisotopic (exact) mass is 185 g/mol. The Labute approximate surface area is 73.1 Å². The highest BCUT2D eigenvalue weighted by molar-refractivity contribution is 5.88. The van der Waals surface area contributed by atoms with Gasteiger partial charge in [0.2, 0.25) is 5.76 Å². The quantitative estimate of drug-likeness (QED) is 0.553. The van der Waals surface area contributed by atoms with Gasteiger partial charge in [-0.15, -0.1) is 0 Å². The molecule has 0 aromatic carbocycles. The van der Waals surface area contributed by atoms with Crippen molar-refractivity contribution < 1.29 is 24.6 Å². The summed E-state index contributed by atoms with van der Waals surface area (Å²) in [7, 11) is 0. The number of hydrogen-bond donors (Lipinski definition) is 3. The van der Waals surface area contributed by atoms with E-state index in [-0.39, 0.29) is 17.8 Å². The van der Waals surface area contributed by atoms with Crippen molar-refractivity contribution in [2.24, 2.45) is 0 Å². The first kappa shape index (κ1) is 9.11. The lowest BCUT2D eigenvalue weighted by Crippen LogP contribution is -2.12. The smallest absolute Gasteiger partial charge is 0.374 e. The maximum Gasteiger partial charge on any atom is 0.374 e. The maximum absolute atomic E-state index is 10.4. The van der Waals surface area contributed by atoms with Crippen molar-refractivity contribution in [1.82, 2.24) is 5.48 Å². The molecule has 0 saturated heterocycles. The normalized spacial score (nSPS) is 15.7. The predicted octanol–water partition coefficient (Wildman–Crippen LogP) is -0.152. The summed E-state index contributed by atoms with van der Waals surface area (Å²) < 4.78 is 0. The maximum atomic E-state index is 10.4. The van der Waals surface area contributed by atoms with Gasteiger partial charge in [-0.05, 0) is 6.08 Å². The summed E-state index contributed by atoms with van der Waals surface area (Å²) in [5.74, 6) is -2.67. The first-order valence-corrected chi connectivity index (χ1v) is 3.39. The Morgan fingerprint density at radius 1 is 1.38 bits per heavy atom. The number of hydroxylamine groups is 1. The molecule has 13 heavy (non-hydrogen) atoms. The van der Waals surface area contributed by atoms with E-state index in [0.29, 0.717) is 0 Å². The zero-order chi connectivity index (χ0) is 9.84. The lowest BCUT2D eigenvalue weighted by Gasteiger charge is -2.00. The van der Waals surface area contributed by atoms with Crippen LogP contribution in [0.4, 0.5) is 0 Å². The molecule has 0 saturated carbocycles. The highest BCUT2D eigenvalue weighted by Gasteiger charge is 2.14. The Morgan fingerprint density at radius 2 is 2.08 bits per heavy atom. The van der Waals surface area contributed by atoms with Gasteiger partial charge in [0.05, 0.1) is 5.57 Å². The van der Waals surface area contributed by atoms with E-state index in [9.17, 15) is 9.59 Å². The van der Waals surface area contributed by atoms with E-state index in [2.05, 4.69) is 10.3 Å². The van der Waals surface area contributed by atoms with Crippen molar-refractivity contribution in [1.29, 1.82) is 0 Å². The molecule has 1 rings (SSSR count). The van der Waals surface area contributed by atoms with Gasteiger partial charge in [0.1, 0.15) is 0 Å². The summed E-state index contributed by atoms with van der Waals surface area (Å²) in [5.41, 5.74) is 2.16. The highest BCUT2D eigenvalue weighted by atomic mass is 16.7. The average molecular weight is 185 g/mol. The third kappa shape index (κ3) is 2.22. The molecule has 0 aromatic rings. The summed E-state index contributed by atoms with van der Waals surface area (Å²) in [5, 5.41) is 17.0. The van der Waals surface area contributed by atoms with Crippen LogP contribution in [0.3, 0.4) is 0 Å². The minimum Gasteiger partial charge on any atom is -0.478 e. The van der Waals surface area contributed by atoms with E-state index in [1.807, 2.05) is 0 Å². The van der Waals surface area contributed by atoms with Crippen molar-refractivity contribution in [3.05, 3.63) is 23.6 Å². The van der Waals surface area contributed by atoms with Crippen LogP contribution in [0, 0.1) is 0 Å². The van der Waals surface area contributed by atoms with Crippen molar-refractivity contribution >= 4 is 11.9 Å². The van der Waals surface area contributed by atoms with Gasteiger partial charge < -0.3 is 15.1 Å². The number of hydrogen-bond acceptors (Lipinski definition) is 4. The molecular formula is C7H7NO5. The van der Waals surface area contributed by atoms with E-state index in [1.165, 1.54) is 6.08 Å². The van der Waals surface area contributed by atoms with Crippen LogP contribution in [0.5, 0.6) is 0 Å². The minimum absolute atomic E-state index is 0.0178. The fraction of sp³-hybridized carbons (Fsp3) is 0.143. The number of carboxylic acid groups (broad SMARTS) is 2. The van der Waals surface area contributed by atoms with Gasteiger partial charge in [-0.25, -0.2) is 15.1 Å².